The van der Waals surface area contributed by atoms with Crippen molar-refractivity contribution < 1.29 is 18.7 Å². The van der Waals surface area contributed by atoms with Crippen LogP contribution in [0, 0.1) is 5.82 Å². The third kappa shape index (κ3) is 2.85. The molecule has 0 radical (unpaired) electrons. The summed E-state index contributed by atoms with van der Waals surface area (Å²) in [4.78, 5) is 31.7. The van der Waals surface area contributed by atoms with Gasteiger partial charge < -0.3 is 4.74 Å². The summed E-state index contributed by atoms with van der Waals surface area (Å²) in [5.74, 6) is -2.87. The van der Waals surface area contributed by atoms with Crippen molar-refractivity contribution in [2.24, 2.45) is 0 Å². The summed E-state index contributed by atoms with van der Waals surface area (Å²) in [6, 6.07) is 6.50. The first-order chi connectivity index (χ1) is 9.63. The van der Waals surface area contributed by atoms with Crippen LogP contribution in [-0.2, 0) is 9.53 Å². The lowest BCUT2D eigenvalue weighted by molar-refractivity contribution is -0.141. The van der Waals surface area contributed by atoms with Gasteiger partial charge in [0, 0.05) is 6.20 Å². The van der Waals surface area contributed by atoms with Crippen molar-refractivity contribution in [1.82, 2.24) is 9.97 Å². The number of nitrogens with zero attached hydrogens (tertiary/aromatic N) is 2. The van der Waals surface area contributed by atoms with Crippen molar-refractivity contribution in [1.29, 1.82) is 0 Å². The molecule has 102 valence electrons. The lowest BCUT2D eigenvalue weighted by Crippen LogP contribution is -2.24. The smallest absolute Gasteiger partial charge is 0.321 e. The van der Waals surface area contributed by atoms with E-state index < -0.39 is 23.5 Å². The minimum Gasteiger partial charge on any atom is -0.468 e. The molecule has 1 aromatic heterocycles. The summed E-state index contributed by atoms with van der Waals surface area (Å²) in [5.41, 5.74) is 0.446. The highest BCUT2D eigenvalue weighted by atomic mass is 19.1. The predicted octanol–water partition coefficient (Wildman–Crippen LogP) is 1.76. The molecule has 0 fully saturated rings. The zero-order valence-electron chi connectivity index (χ0n) is 10.6. The second-order valence-electron chi connectivity index (χ2n) is 3.97. The number of Topliss-reactive ketones (excluding diaryl/α,β-unsaturated/α-hetero) is 1. The number of hydrogen-bond acceptors (Lipinski definition) is 5. The average Bonchev–Trinajstić information content (AvgIpc) is 2.50. The fourth-order valence-electron chi connectivity index (χ4n) is 1.75. The molecule has 0 saturated heterocycles. The van der Waals surface area contributed by atoms with E-state index in [1.54, 1.807) is 0 Å². The molecule has 0 amide bonds. The maximum atomic E-state index is 12.9. The highest BCUT2D eigenvalue weighted by Crippen LogP contribution is 2.22. The van der Waals surface area contributed by atoms with Crippen LogP contribution in [0.3, 0.4) is 0 Å². The maximum Gasteiger partial charge on any atom is 0.321 e. The fourth-order valence-corrected chi connectivity index (χ4v) is 1.75. The first kappa shape index (κ1) is 13.8. The largest absolute Gasteiger partial charge is 0.468 e. The summed E-state index contributed by atoms with van der Waals surface area (Å²) >= 11 is 0. The minimum atomic E-state index is -1.17. The van der Waals surface area contributed by atoms with E-state index in [0.717, 1.165) is 0 Å². The Morgan fingerprint density at radius 3 is 2.45 bits per heavy atom. The lowest BCUT2D eigenvalue weighted by atomic mass is 9.93. The number of halogens is 1. The molecule has 2 rings (SSSR count). The van der Waals surface area contributed by atoms with Crippen molar-refractivity contribution >= 4 is 11.8 Å². The zero-order valence-corrected chi connectivity index (χ0v) is 10.6. The van der Waals surface area contributed by atoms with Crippen LogP contribution in [0.25, 0.3) is 0 Å². The summed E-state index contributed by atoms with van der Waals surface area (Å²) in [6.07, 6.45) is 2.62. The van der Waals surface area contributed by atoms with Gasteiger partial charge in [-0.25, -0.2) is 14.4 Å². The molecule has 1 atom stereocenters. The van der Waals surface area contributed by atoms with Crippen LogP contribution in [0.15, 0.2) is 42.9 Å². The van der Waals surface area contributed by atoms with Crippen molar-refractivity contribution in [2.75, 3.05) is 7.11 Å². The van der Waals surface area contributed by atoms with Crippen LogP contribution in [0.2, 0.25) is 0 Å². The van der Waals surface area contributed by atoms with Gasteiger partial charge in [0.2, 0.25) is 0 Å². The second kappa shape index (κ2) is 6.01. The quantitative estimate of drug-likeness (QED) is 0.482. The van der Waals surface area contributed by atoms with E-state index in [1.165, 1.54) is 50.0 Å². The Bertz CT molecular complexity index is 614. The molecular weight excluding hydrogens is 263 g/mol. The van der Waals surface area contributed by atoms with Crippen molar-refractivity contribution in [3.05, 3.63) is 59.9 Å². The highest BCUT2D eigenvalue weighted by molar-refractivity contribution is 6.11. The van der Waals surface area contributed by atoms with E-state index >= 15 is 0 Å². The zero-order chi connectivity index (χ0) is 14.5. The van der Waals surface area contributed by atoms with E-state index in [4.69, 9.17) is 0 Å². The fraction of sp³-hybridized carbons (Fsp3) is 0.143. The average molecular weight is 274 g/mol. The number of ketones is 1. The van der Waals surface area contributed by atoms with Gasteiger partial charge >= 0.3 is 5.97 Å². The molecule has 2 aromatic rings. The van der Waals surface area contributed by atoms with Crippen LogP contribution in [-0.4, -0.2) is 28.8 Å². The number of esters is 1. The van der Waals surface area contributed by atoms with Crippen LogP contribution in [0.4, 0.5) is 4.39 Å². The van der Waals surface area contributed by atoms with E-state index in [2.05, 4.69) is 14.7 Å². The second-order valence-corrected chi connectivity index (χ2v) is 3.97. The Morgan fingerprint density at radius 1 is 1.20 bits per heavy atom. The van der Waals surface area contributed by atoms with Crippen LogP contribution in [0.1, 0.15) is 22.0 Å². The molecule has 1 aromatic carbocycles. The molecule has 0 spiro atoms. The Kier molecular flexibility index (Phi) is 4.14. The molecule has 0 saturated carbocycles. The molecule has 6 heteroatoms. The minimum absolute atomic E-state index is 0.0970. The van der Waals surface area contributed by atoms with Gasteiger partial charge in [0.1, 0.15) is 23.8 Å². The topological polar surface area (TPSA) is 69.2 Å². The van der Waals surface area contributed by atoms with E-state index in [1.807, 2.05) is 0 Å². The Morgan fingerprint density at radius 2 is 1.90 bits per heavy atom. The highest BCUT2D eigenvalue weighted by Gasteiger charge is 2.31. The van der Waals surface area contributed by atoms with Gasteiger partial charge in [-0.3, -0.25) is 9.59 Å². The molecule has 0 aliphatic carbocycles. The molecule has 0 N–H and O–H groups in total. The van der Waals surface area contributed by atoms with Crippen molar-refractivity contribution in [2.45, 2.75) is 5.92 Å². The maximum absolute atomic E-state index is 12.9. The number of benzene rings is 1. The Balaban J connectivity index is 2.40. The number of ether oxygens (including phenoxy) is 1. The Hall–Kier alpha value is -2.63. The third-order valence-electron chi connectivity index (χ3n) is 2.74. The third-order valence-corrected chi connectivity index (χ3v) is 2.74. The summed E-state index contributed by atoms with van der Waals surface area (Å²) in [6.45, 7) is 0. The molecule has 1 heterocycles. The van der Waals surface area contributed by atoms with Gasteiger partial charge in [0.05, 0.1) is 7.11 Å². The first-order valence-corrected chi connectivity index (χ1v) is 5.77. The van der Waals surface area contributed by atoms with Crippen molar-refractivity contribution in [3.8, 4) is 0 Å². The molecule has 0 aliphatic rings. The van der Waals surface area contributed by atoms with Gasteiger partial charge in [-0.1, -0.05) is 12.1 Å². The van der Waals surface area contributed by atoms with Gasteiger partial charge in [-0.05, 0) is 23.8 Å². The lowest BCUT2D eigenvalue weighted by Gasteiger charge is -2.13. The van der Waals surface area contributed by atoms with E-state index in [0.29, 0.717) is 5.56 Å². The standard InChI is InChI=1S/C14H11FN2O3/c1-20-14(19)12(9-2-4-10(15)5-3-9)13(18)11-6-7-16-8-17-11/h2-8,12H,1H3. The number of methoxy groups -OCH3 is 1. The van der Waals surface area contributed by atoms with Crippen LogP contribution < -0.4 is 0 Å². The van der Waals surface area contributed by atoms with Crippen molar-refractivity contribution in [3.63, 3.8) is 0 Å². The van der Waals surface area contributed by atoms with Crippen LogP contribution >= 0.6 is 0 Å². The first-order valence-electron chi connectivity index (χ1n) is 5.77. The number of carbonyl (C=O) groups is 2. The van der Waals surface area contributed by atoms with Gasteiger partial charge in [-0.15, -0.1) is 0 Å². The monoisotopic (exact) mass is 274 g/mol. The molecule has 20 heavy (non-hydrogen) atoms. The number of carbonyl (C=O) groups excluding carboxylic acids is 2. The molecule has 5 nitrogen and oxygen atoms in total. The summed E-state index contributed by atoms with van der Waals surface area (Å²) < 4.78 is 17.6. The summed E-state index contributed by atoms with van der Waals surface area (Å²) in [5, 5.41) is 0. The SMILES string of the molecule is COC(=O)C(C(=O)c1ccncn1)c1ccc(F)cc1. The molecule has 0 aliphatic heterocycles. The number of rotatable bonds is 4. The Labute approximate surface area is 114 Å². The normalized spacial score (nSPS) is 11.7. The van der Waals surface area contributed by atoms with Crippen LogP contribution in [0.5, 0.6) is 0 Å². The van der Waals surface area contributed by atoms with Gasteiger partial charge in [-0.2, -0.15) is 0 Å². The molecule has 0 bridgehead atoms. The number of hydrogen-bond donors (Lipinski definition) is 0. The van der Waals surface area contributed by atoms with Gasteiger partial charge in [0.15, 0.2) is 5.78 Å². The van der Waals surface area contributed by atoms with E-state index in [9.17, 15) is 14.0 Å². The summed E-state index contributed by atoms with van der Waals surface area (Å²) in [7, 11) is 1.19. The predicted molar refractivity (Wildman–Crippen MR) is 67.5 cm³/mol. The van der Waals surface area contributed by atoms with Gasteiger partial charge in [0.25, 0.3) is 0 Å². The molecule has 1 unspecified atom stereocenters. The molecular formula is C14H11FN2O3. The van der Waals surface area contributed by atoms with E-state index in [-0.39, 0.29) is 5.69 Å². The number of aromatic nitrogens is 2.